The minimum Gasteiger partial charge on any atom is -0.485 e. The zero-order valence-electron chi connectivity index (χ0n) is 37.8. The predicted molar refractivity (Wildman–Crippen MR) is 251 cm³/mol. The zero-order chi connectivity index (χ0) is 47.5. The fraction of sp³-hybridized carbons (Fsp3) is 0.255. The van der Waals surface area contributed by atoms with Crippen LogP contribution in [0.3, 0.4) is 0 Å². The van der Waals surface area contributed by atoms with Crippen molar-refractivity contribution in [1.29, 1.82) is 0 Å². The first-order chi connectivity index (χ1) is 33.2. The number of esters is 3. The van der Waals surface area contributed by atoms with Gasteiger partial charge in [0.2, 0.25) is 0 Å². The van der Waals surface area contributed by atoms with Gasteiger partial charge in [0.1, 0.15) is 45.2 Å². The maximum atomic E-state index is 13.5. The molecule has 6 aromatic carbocycles. The molecule has 0 unspecified atom stereocenters. The Labute approximate surface area is 395 Å². The van der Waals surface area contributed by atoms with Gasteiger partial charge in [0.25, 0.3) is 0 Å². The largest absolute Gasteiger partial charge is 0.485 e. The second kappa shape index (κ2) is 24.9. The van der Waals surface area contributed by atoms with Gasteiger partial charge in [-0.3, -0.25) is 9.59 Å². The van der Waals surface area contributed by atoms with E-state index < -0.39 is 55.2 Å². The maximum Gasteiger partial charge on any atom is 0.331 e. The predicted octanol–water partition coefficient (Wildman–Crippen LogP) is 8.77. The highest BCUT2D eigenvalue weighted by atomic mass is 16.7. The average Bonchev–Trinajstić information content (AvgIpc) is 3.36. The van der Waals surface area contributed by atoms with Gasteiger partial charge in [-0.1, -0.05) is 133 Å². The lowest BCUT2D eigenvalue weighted by Crippen LogP contribution is -2.61. The number of benzene rings is 6. The number of ether oxygens (including phenoxy) is 9. The number of carbonyl (C=O) groups excluding carboxylic acids is 3. The molecule has 13 heteroatoms. The van der Waals surface area contributed by atoms with Crippen LogP contribution in [0.25, 0.3) is 6.08 Å². The van der Waals surface area contributed by atoms with Gasteiger partial charge in [-0.25, -0.2) is 4.79 Å². The highest BCUT2D eigenvalue weighted by Crippen LogP contribution is 2.33. The van der Waals surface area contributed by atoms with Crippen molar-refractivity contribution >= 4 is 24.0 Å². The van der Waals surface area contributed by atoms with Crippen LogP contribution in [-0.2, 0) is 70.9 Å². The van der Waals surface area contributed by atoms with Crippen molar-refractivity contribution in [2.75, 3.05) is 13.2 Å². The van der Waals surface area contributed by atoms with Crippen molar-refractivity contribution in [3.63, 3.8) is 0 Å². The fourth-order valence-corrected chi connectivity index (χ4v) is 7.20. The third-order valence-corrected chi connectivity index (χ3v) is 10.6. The van der Waals surface area contributed by atoms with Gasteiger partial charge in [-0.2, -0.15) is 0 Å². The Morgan fingerprint density at radius 2 is 1.03 bits per heavy atom. The maximum absolute atomic E-state index is 13.5. The molecule has 1 N–H and O–H groups in total. The normalized spacial score (nSPS) is 17.7. The van der Waals surface area contributed by atoms with Gasteiger partial charge in [-0.15, -0.1) is 0 Å². The molecule has 352 valence electrons. The van der Waals surface area contributed by atoms with Crippen LogP contribution in [-0.4, -0.2) is 66.9 Å². The van der Waals surface area contributed by atoms with Crippen LogP contribution in [0.5, 0.6) is 23.0 Å². The summed E-state index contributed by atoms with van der Waals surface area (Å²) in [5, 5.41) is 11.7. The molecule has 5 atom stereocenters. The smallest absolute Gasteiger partial charge is 0.331 e. The minimum atomic E-state index is -1.64. The van der Waals surface area contributed by atoms with Crippen LogP contribution in [0.2, 0.25) is 0 Å². The number of rotatable bonds is 22. The van der Waals surface area contributed by atoms with Gasteiger partial charge >= 0.3 is 17.9 Å². The SMILES string of the molecule is CC(=O)OC[C@H]1O[C@@H](OCCc2ccc(OCc3ccccc3)c(OCc3ccccc3)c2)[C@H](OC(C)=O)[C@@H](O)[C@@H]1OC(=O)/C=C/c1ccc(OCc2ccccc2)c(OCc2ccccc2)c1. The Bertz CT molecular complexity index is 2550. The molecule has 13 nitrogen and oxygen atoms in total. The molecular formula is C55H54O13. The van der Waals surface area contributed by atoms with Crippen LogP contribution in [0.4, 0.5) is 0 Å². The zero-order valence-corrected chi connectivity index (χ0v) is 37.8. The van der Waals surface area contributed by atoms with E-state index in [4.69, 9.17) is 42.6 Å². The van der Waals surface area contributed by atoms with E-state index in [1.165, 1.54) is 26.0 Å². The minimum absolute atomic E-state index is 0.0398. The van der Waals surface area contributed by atoms with E-state index in [1.54, 1.807) is 18.2 Å². The molecule has 1 aliphatic rings. The van der Waals surface area contributed by atoms with E-state index in [2.05, 4.69) is 0 Å². The summed E-state index contributed by atoms with van der Waals surface area (Å²) < 4.78 is 53.6. The van der Waals surface area contributed by atoms with E-state index in [9.17, 15) is 19.5 Å². The number of aliphatic hydroxyl groups excluding tert-OH is 1. The summed E-state index contributed by atoms with van der Waals surface area (Å²) in [6.07, 6.45) is -4.01. The Balaban J connectivity index is 1.02. The van der Waals surface area contributed by atoms with E-state index in [-0.39, 0.29) is 13.2 Å². The third-order valence-electron chi connectivity index (χ3n) is 10.6. The molecule has 68 heavy (non-hydrogen) atoms. The standard InChI is InChI=1S/C55H54O13/c1-38(56)61-37-50-53(68-51(58)28-25-40-23-26-46(62-33-42-15-7-3-8-16-42)48(31-40)64-35-44-19-11-5-12-20-44)52(59)54(66-39(2)57)55(67-50)60-30-29-41-24-27-47(63-34-43-17-9-4-10-18-43)49(32-41)65-36-45-21-13-6-14-22-45/h3-28,31-32,50,52-55,59H,29-30,33-37H2,1-2H3/b28-25+/t50-,52+,53-,54-,55-/m1/s1. The lowest BCUT2D eigenvalue weighted by Gasteiger charge is -2.42. The van der Waals surface area contributed by atoms with Crippen LogP contribution < -0.4 is 18.9 Å². The third kappa shape index (κ3) is 14.8. The molecule has 1 aliphatic heterocycles. The second-order valence-corrected chi connectivity index (χ2v) is 15.9. The summed E-state index contributed by atoms with van der Waals surface area (Å²) in [6, 6.07) is 49.8. The molecule has 1 fully saturated rings. The fourth-order valence-electron chi connectivity index (χ4n) is 7.20. The molecule has 7 rings (SSSR count). The number of hydrogen-bond acceptors (Lipinski definition) is 13. The van der Waals surface area contributed by atoms with Gasteiger partial charge in [0, 0.05) is 19.9 Å². The molecule has 1 heterocycles. The first-order valence-electron chi connectivity index (χ1n) is 22.2. The molecule has 6 aromatic rings. The van der Waals surface area contributed by atoms with Gasteiger partial charge < -0.3 is 47.7 Å². The number of aliphatic hydroxyl groups is 1. The number of hydrogen-bond donors (Lipinski definition) is 1. The van der Waals surface area contributed by atoms with E-state index in [1.807, 2.05) is 140 Å². The molecule has 0 spiro atoms. The Hall–Kier alpha value is -7.45. The number of carbonyl (C=O) groups is 3. The lowest BCUT2D eigenvalue weighted by atomic mass is 9.98. The molecule has 0 saturated carbocycles. The molecule has 0 amide bonds. The summed E-state index contributed by atoms with van der Waals surface area (Å²) in [5.74, 6) is -0.164. The van der Waals surface area contributed by atoms with Crippen LogP contribution >= 0.6 is 0 Å². The summed E-state index contributed by atoms with van der Waals surface area (Å²) in [7, 11) is 0. The highest BCUT2D eigenvalue weighted by Gasteiger charge is 2.50. The molecule has 0 aromatic heterocycles. The quantitative estimate of drug-likeness (QED) is 0.0392. The molecular weight excluding hydrogens is 869 g/mol. The topological polar surface area (TPSA) is 155 Å². The Kier molecular flexibility index (Phi) is 17.8. The van der Waals surface area contributed by atoms with E-state index >= 15 is 0 Å². The van der Waals surface area contributed by atoms with Gasteiger partial charge in [0.15, 0.2) is 41.5 Å². The Morgan fingerprint density at radius 3 is 1.53 bits per heavy atom. The monoisotopic (exact) mass is 922 g/mol. The van der Waals surface area contributed by atoms with Crippen LogP contribution in [0.1, 0.15) is 47.2 Å². The van der Waals surface area contributed by atoms with E-state index in [0.717, 1.165) is 27.8 Å². The summed E-state index contributed by atoms with van der Waals surface area (Å²) in [5.41, 5.74) is 5.34. The Morgan fingerprint density at radius 1 is 0.544 bits per heavy atom. The molecule has 0 radical (unpaired) electrons. The van der Waals surface area contributed by atoms with Gasteiger partial charge in [0.05, 0.1) is 6.61 Å². The highest BCUT2D eigenvalue weighted by molar-refractivity contribution is 5.87. The van der Waals surface area contributed by atoms with Crippen molar-refractivity contribution in [1.82, 2.24) is 0 Å². The molecule has 1 saturated heterocycles. The first-order valence-corrected chi connectivity index (χ1v) is 22.2. The molecule has 0 aliphatic carbocycles. The van der Waals surface area contributed by atoms with Crippen molar-refractivity contribution in [2.45, 2.75) is 77.4 Å². The van der Waals surface area contributed by atoms with E-state index in [0.29, 0.717) is 54.8 Å². The summed E-state index contributed by atoms with van der Waals surface area (Å²) >= 11 is 0. The summed E-state index contributed by atoms with van der Waals surface area (Å²) in [6.45, 7) is 3.27. The molecule has 0 bridgehead atoms. The van der Waals surface area contributed by atoms with Crippen LogP contribution in [0, 0.1) is 0 Å². The lowest BCUT2D eigenvalue weighted by molar-refractivity contribution is -0.305. The van der Waals surface area contributed by atoms with Crippen molar-refractivity contribution in [3.8, 4) is 23.0 Å². The van der Waals surface area contributed by atoms with Gasteiger partial charge in [-0.05, 0) is 70.1 Å². The first kappa shape index (κ1) is 48.5. The van der Waals surface area contributed by atoms with Crippen molar-refractivity contribution in [3.05, 3.63) is 197 Å². The van der Waals surface area contributed by atoms with Crippen molar-refractivity contribution in [2.24, 2.45) is 0 Å². The summed E-state index contributed by atoms with van der Waals surface area (Å²) in [4.78, 5) is 37.8. The average molecular weight is 923 g/mol. The van der Waals surface area contributed by atoms with Crippen LogP contribution in [0.15, 0.2) is 164 Å². The second-order valence-electron chi connectivity index (χ2n) is 15.9. The van der Waals surface area contributed by atoms with Crippen molar-refractivity contribution < 1.29 is 62.1 Å².